The van der Waals surface area contributed by atoms with Gasteiger partial charge < -0.3 is 10.2 Å². The largest absolute Gasteiger partial charge is 0.327 e. The van der Waals surface area contributed by atoms with Crippen LogP contribution < -0.4 is 5.32 Å². The van der Waals surface area contributed by atoms with Gasteiger partial charge in [0.15, 0.2) is 0 Å². The minimum absolute atomic E-state index is 0.00654. The molecule has 1 unspecified atom stereocenters. The average molecular weight is 447 g/mol. The smallest absolute Gasteiger partial charge is 0.318 e. The van der Waals surface area contributed by atoms with Gasteiger partial charge in [0, 0.05) is 24.9 Å². The molecule has 0 spiro atoms. The van der Waals surface area contributed by atoms with Gasteiger partial charge in [0.25, 0.3) is 0 Å². The molecule has 1 saturated carbocycles. The Morgan fingerprint density at radius 1 is 0.844 bits per heavy atom. The van der Waals surface area contributed by atoms with Gasteiger partial charge in [-0.15, -0.1) is 21.5 Å². The number of urea groups is 1. The summed E-state index contributed by atoms with van der Waals surface area (Å²) in [5, 5.41) is 14.7. The first-order chi connectivity index (χ1) is 15.8. The van der Waals surface area contributed by atoms with Crippen LogP contribution in [-0.4, -0.2) is 34.2 Å². The van der Waals surface area contributed by atoms with Gasteiger partial charge in [0.1, 0.15) is 10.0 Å². The predicted molar refractivity (Wildman–Crippen MR) is 128 cm³/mol. The fourth-order valence-electron chi connectivity index (χ4n) is 4.98. The summed E-state index contributed by atoms with van der Waals surface area (Å²) in [4.78, 5) is 15.3. The highest BCUT2D eigenvalue weighted by molar-refractivity contribution is 7.11. The number of likely N-dealkylation sites (tertiary alicyclic amines) is 1. The number of aromatic nitrogens is 2. The summed E-state index contributed by atoms with van der Waals surface area (Å²) in [6, 6.07) is 20.2. The lowest BCUT2D eigenvalue weighted by Crippen LogP contribution is -2.46. The Bertz CT molecular complexity index is 977. The van der Waals surface area contributed by atoms with Crippen molar-refractivity contribution in [1.82, 2.24) is 20.4 Å². The summed E-state index contributed by atoms with van der Waals surface area (Å²) in [6.45, 7) is 1.49. The Labute approximate surface area is 193 Å². The van der Waals surface area contributed by atoms with E-state index in [1.807, 2.05) is 41.3 Å². The molecule has 1 N–H and O–H groups in total. The monoisotopic (exact) mass is 446 g/mol. The van der Waals surface area contributed by atoms with E-state index in [4.69, 9.17) is 0 Å². The van der Waals surface area contributed by atoms with E-state index in [-0.39, 0.29) is 18.0 Å². The number of benzene rings is 2. The Balaban J connectivity index is 1.29. The van der Waals surface area contributed by atoms with Gasteiger partial charge in [-0.2, -0.15) is 0 Å². The van der Waals surface area contributed by atoms with E-state index in [2.05, 4.69) is 39.8 Å². The number of carbonyl (C=O) groups excluding carboxylic acids is 1. The summed E-state index contributed by atoms with van der Waals surface area (Å²) >= 11 is 1.78. The number of hydrogen-bond donors (Lipinski definition) is 1. The van der Waals surface area contributed by atoms with Crippen molar-refractivity contribution < 1.29 is 4.79 Å². The van der Waals surface area contributed by atoms with Crippen LogP contribution in [0.1, 0.15) is 77.5 Å². The molecule has 0 bridgehead atoms. The Kier molecular flexibility index (Phi) is 6.49. The molecule has 1 atom stereocenters. The summed E-state index contributed by atoms with van der Waals surface area (Å²) in [5.74, 6) is 0.885. The second-order valence-corrected chi connectivity index (χ2v) is 9.99. The van der Waals surface area contributed by atoms with Crippen molar-refractivity contribution in [1.29, 1.82) is 0 Å². The lowest BCUT2D eigenvalue weighted by Gasteiger charge is -2.33. The van der Waals surface area contributed by atoms with Crippen molar-refractivity contribution in [2.75, 3.05) is 13.1 Å². The van der Waals surface area contributed by atoms with Crippen LogP contribution in [0.15, 0.2) is 60.7 Å². The molecule has 32 heavy (non-hydrogen) atoms. The first-order valence-corrected chi connectivity index (χ1v) is 12.6. The van der Waals surface area contributed by atoms with E-state index in [1.54, 1.807) is 11.3 Å². The molecule has 1 saturated heterocycles. The SMILES string of the molecule is O=C(NC(c1ccccc1)c1ccccc1)N1CCCC(c2nnc(C3CCCC3)s2)C1. The molecule has 2 aliphatic rings. The molecule has 2 fully saturated rings. The number of hydrogen-bond acceptors (Lipinski definition) is 4. The first-order valence-electron chi connectivity index (χ1n) is 11.8. The molecule has 1 aromatic heterocycles. The molecule has 5 nitrogen and oxygen atoms in total. The molecule has 0 radical (unpaired) electrons. The second kappa shape index (κ2) is 9.82. The van der Waals surface area contributed by atoms with Gasteiger partial charge in [-0.25, -0.2) is 4.79 Å². The number of piperidine rings is 1. The minimum Gasteiger partial charge on any atom is -0.327 e. The standard InChI is InChI=1S/C26H30N4OS/c31-26(27-23(19-10-3-1-4-11-19)20-12-5-2-6-13-20)30-17-9-16-22(18-30)25-29-28-24(32-25)21-14-7-8-15-21/h1-6,10-13,21-23H,7-9,14-18H2,(H,27,31). The van der Waals surface area contributed by atoms with Gasteiger partial charge in [0.2, 0.25) is 0 Å². The van der Waals surface area contributed by atoms with Crippen molar-refractivity contribution in [3.05, 3.63) is 81.8 Å². The summed E-state index contributed by atoms with van der Waals surface area (Å²) in [6.07, 6.45) is 7.17. The van der Waals surface area contributed by atoms with Gasteiger partial charge in [-0.1, -0.05) is 73.5 Å². The second-order valence-electron chi connectivity index (χ2n) is 8.95. The molecule has 166 valence electrons. The summed E-state index contributed by atoms with van der Waals surface area (Å²) < 4.78 is 0. The molecule has 2 heterocycles. The predicted octanol–water partition coefficient (Wildman–Crippen LogP) is 5.87. The maximum absolute atomic E-state index is 13.3. The van der Waals surface area contributed by atoms with Crippen LogP contribution in [0.2, 0.25) is 0 Å². The molecular weight excluding hydrogens is 416 g/mol. The van der Waals surface area contributed by atoms with Crippen LogP contribution >= 0.6 is 11.3 Å². The molecule has 6 heteroatoms. The minimum atomic E-state index is -0.166. The van der Waals surface area contributed by atoms with Gasteiger partial charge in [-0.3, -0.25) is 0 Å². The maximum atomic E-state index is 13.3. The highest BCUT2D eigenvalue weighted by Crippen LogP contribution is 2.38. The highest BCUT2D eigenvalue weighted by atomic mass is 32.1. The maximum Gasteiger partial charge on any atom is 0.318 e. The van der Waals surface area contributed by atoms with Crippen LogP contribution in [0.4, 0.5) is 4.79 Å². The third kappa shape index (κ3) is 4.70. The normalized spacial score (nSPS) is 19.4. The van der Waals surface area contributed by atoms with Gasteiger partial charge in [0.05, 0.1) is 6.04 Å². The molecule has 3 aromatic rings. The number of nitrogens with one attached hydrogen (secondary N) is 1. The Morgan fingerprint density at radius 3 is 2.03 bits per heavy atom. The van der Waals surface area contributed by atoms with Crippen molar-refractivity contribution >= 4 is 17.4 Å². The molecule has 1 aliphatic carbocycles. The third-order valence-electron chi connectivity index (χ3n) is 6.75. The molecule has 1 aliphatic heterocycles. The van der Waals surface area contributed by atoms with Crippen LogP contribution in [0.25, 0.3) is 0 Å². The topological polar surface area (TPSA) is 58.1 Å². The van der Waals surface area contributed by atoms with E-state index in [0.717, 1.165) is 35.5 Å². The van der Waals surface area contributed by atoms with Crippen LogP contribution in [0, 0.1) is 0 Å². The lowest BCUT2D eigenvalue weighted by molar-refractivity contribution is 0.177. The van der Waals surface area contributed by atoms with Gasteiger partial charge in [-0.05, 0) is 36.8 Å². The molecule has 5 rings (SSSR count). The van der Waals surface area contributed by atoms with E-state index < -0.39 is 0 Å². The summed E-state index contributed by atoms with van der Waals surface area (Å²) in [5.41, 5.74) is 2.18. The van der Waals surface area contributed by atoms with E-state index in [0.29, 0.717) is 12.5 Å². The first kappa shape index (κ1) is 21.1. The van der Waals surface area contributed by atoms with Gasteiger partial charge >= 0.3 is 6.03 Å². The fourth-order valence-corrected chi connectivity index (χ4v) is 6.12. The Hall–Kier alpha value is -2.73. The lowest BCUT2D eigenvalue weighted by atomic mass is 9.98. The van der Waals surface area contributed by atoms with Crippen molar-refractivity contribution in [2.45, 2.75) is 56.4 Å². The fraction of sp³-hybridized carbons (Fsp3) is 0.423. The van der Waals surface area contributed by atoms with E-state index in [9.17, 15) is 4.79 Å². The van der Waals surface area contributed by atoms with Crippen LogP contribution in [0.3, 0.4) is 0 Å². The van der Waals surface area contributed by atoms with Crippen molar-refractivity contribution in [3.63, 3.8) is 0 Å². The molecule has 2 amide bonds. The number of nitrogens with zero attached hydrogens (tertiary/aromatic N) is 3. The van der Waals surface area contributed by atoms with E-state index in [1.165, 1.54) is 30.7 Å². The Morgan fingerprint density at radius 2 is 1.41 bits per heavy atom. The number of carbonyl (C=O) groups is 1. The zero-order valence-corrected chi connectivity index (χ0v) is 19.1. The van der Waals surface area contributed by atoms with E-state index >= 15 is 0 Å². The zero-order valence-electron chi connectivity index (χ0n) is 18.3. The molecule has 2 aromatic carbocycles. The zero-order chi connectivity index (χ0) is 21.8. The average Bonchev–Trinajstić information content (AvgIpc) is 3.56. The van der Waals surface area contributed by atoms with Crippen LogP contribution in [-0.2, 0) is 0 Å². The quantitative estimate of drug-likeness (QED) is 0.533. The third-order valence-corrected chi connectivity index (χ3v) is 8.00. The highest BCUT2D eigenvalue weighted by Gasteiger charge is 2.30. The summed E-state index contributed by atoms with van der Waals surface area (Å²) in [7, 11) is 0. The van der Waals surface area contributed by atoms with Crippen LogP contribution in [0.5, 0.6) is 0 Å². The molecular formula is C26H30N4OS. The number of amides is 2. The van der Waals surface area contributed by atoms with Crippen molar-refractivity contribution in [3.8, 4) is 0 Å². The van der Waals surface area contributed by atoms with Crippen molar-refractivity contribution in [2.24, 2.45) is 0 Å². The number of rotatable bonds is 5.